The third-order valence-corrected chi connectivity index (χ3v) is 4.63. The number of hydrogen-bond acceptors (Lipinski definition) is 3. The van der Waals surface area contributed by atoms with Gasteiger partial charge in [-0.05, 0) is 40.2 Å². The third kappa shape index (κ3) is 3.22. The van der Waals surface area contributed by atoms with E-state index in [0.717, 1.165) is 19.4 Å². The Hall–Kier alpha value is -1.02. The summed E-state index contributed by atoms with van der Waals surface area (Å²) in [6.07, 6.45) is 0. The number of rotatable bonds is 3. The molecule has 17 heavy (non-hydrogen) atoms. The van der Waals surface area contributed by atoms with Crippen LogP contribution in [0.5, 0.6) is 0 Å². The van der Waals surface area contributed by atoms with E-state index < -0.39 is 0 Å². The highest BCUT2D eigenvalue weighted by Gasteiger charge is 2.04. The van der Waals surface area contributed by atoms with Crippen molar-refractivity contribution in [2.24, 2.45) is 0 Å². The molecular formula is C12H8BrClN2S. The van der Waals surface area contributed by atoms with E-state index in [9.17, 15) is 0 Å². The van der Waals surface area contributed by atoms with Crippen molar-refractivity contribution >= 4 is 44.6 Å². The van der Waals surface area contributed by atoms with Crippen molar-refractivity contribution in [1.82, 2.24) is 0 Å². The Morgan fingerprint density at radius 2 is 2.24 bits per heavy atom. The summed E-state index contributed by atoms with van der Waals surface area (Å²) in [4.78, 5) is 1.14. The predicted octanol–water partition coefficient (Wildman–Crippen LogP) is 4.65. The Kier molecular flexibility index (Phi) is 4.06. The van der Waals surface area contributed by atoms with Gasteiger partial charge in [0.2, 0.25) is 0 Å². The molecule has 0 amide bonds. The van der Waals surface area contributed by atoms with Crippen molar-refractivity contribution in [2.75, 3.05) is 5.32 Å². The topological polar surface area (TPSA) is 35.8 Å². The molecule has 1 heterocycles. The van der Waals surface area contributed by atoms with Gasteiger partial charge in [-0.1, -0.05) is 17.7 Å². The lowest BCUT2D eigenvalue weighted by Gasteiger charge is -2.04. The summed E-state index contributed by atoms with van der Waals surface area (Å²) in [7, 11) is 0. The van der Waals surface area contributed by atoms with Gasteiger partial charge in [-0.25, -0.2) is 0 Å². The van der Waals surface area contributed by atoms with Crippen molar-refractivity contribution in [2.45, 2.75) is 6.54 Å². The molecule has 2 aromatic rings. The number of hydrogen-bond donors (Lipinski definition) is 1. The highest BCUT2D eigenvalue weighted by molar-refractivity contribution is 9.10. The first-order chi connectivity index (χ1) is 8.19. The van der Waals surface area contributed by atoms with E-state index in [1.807, 2.05) is 24.3 Å². The molecule has 0 fully saturated rings. The molecule has 2 nitrogen and oxygen atoms in total. The van der Waals surface area contributed by atoms with Crippen molar-refractivity contribution in [3.05, 3.63) is 49.6 Å². The predicted molar refractivity (Wildman–Crippen MR) is 75.5 cm³/mol. The van der Waals surface area contributed by atoms with Gasteiger partial charge in [-0.15, -0.1) is 11.3 Å². The van der Waals surface area contributed by atoms with Gasteiger partial charge in [-0.2, -0.15) is 5.26 Å². The van der Waals surface area contributed by atoms with Crippen molar-refractivity contribution in [1.29, 1.82) is 5.26 Å². The van der Waals surface area contributed by atoms with Gasteiger partial charge in [0, 0.05) is 21.6 Å². The number of nitrogens with one attached hydrogen (secondary N) is 1. The van der Waals surface area contributed by atoms with Crippen LogP contribution in [0.3, 0.4) is 0 Å². The van der Waals surface area contributed by atoms with E-state index in [2.05, 4.69) is 27.3 Å². The minimum Gasteiger partial charge on any atom is -0.380 e. The maximum absolute atomic E-state index is 8.79. The number of benzene rings is 1. The zero-order chi connectivity index (χ0) is 12.3. The first-order valence-corrected chi connectivity index (χ1v) is 6.85. The molecule has 0 aliphatic heterocycles. The second-order valence-corrected chi connectivity index (χ2v) is 5.97. The lowest BCUT2D eigenvalue weighted by Crippen LogP contribution is -1.97. The molecule has 0 radical (unpaired) electrons. The fourth-order valence-corrected chi connectivity index (χ4v) is 3.10. The van der Waals surface area contributed by atoms with Gasteiger partial charge in [0.25, 0.3) is 0 Å². The average molecular weight is 328 g/mol. The van der Waals surface area contributed by atoms with Crippen LogP contribution in [0.1, 0.15) is 10.4 Å². The van der Waals surface area contributed by atoms with Crippen LogP contribution in [0.15, 0.2) is 34.8 Å². The van der Waals surface area contributed by atoms with Crippen LogP contribution in [0, 0.1) is 11.3 Å². The largest absolute Gasteiger partial charge is 0.380 e. The van der Waals surface area contributed by atoms with E-state index in [1.165, 1.54) is 11.3 Å². The molecule has 1 aromatic heterocycles. The number of nitrogens with zero attached hydrogens (tertiary/aromatic N) is 1. The zero-order valence-corrected chi connectivity index (χ0v) is 11.9. The molecule has 0 saturated carbocycles. The van der Waals surface area contributed by atoms with Gasteiger partial charge in [0.05, 0.1) is 11.6 Å². The Bertz CT molecular complexity index is 555. The summed E-state index contributed by atoms with van der Waals surface area (Å²) in [5, 5.41) is 12.0. The Morgan fingerprint density at radius 1 is 1.41 bits per heavy atom. The molecule has 0 aliphatic carbocycles. The average Bonchev–Trinajstić information content (AvgIpc) is 2.67. The van der Waals surface area contributed by atoms with E-state index in [-0.39, 0.29) is 0 Å². The van der Waals surface area contributed by atoms with Gasteiger partial charge in [0.1, 0.15) is 4.34 Å². The molecule has 5 heteroatoms. The fraction of sp³-hybridized carbons (Fsp3) is 0.0833. The SMILES string of the molecule is N#Cc1cccc(NCc2cc(Br)c(Cl)s2)c1. The fourth-order valence-electron chi connectivity index (χ4n) is 1.37. The monoisotopic (exact) mass is 326 g/mol. The Morgan fingerprint density at radius 3 is 2.88 bits per heavy atom. The highest BCUT2D eigenvalue weighted by Crippen LogP contribution is 2.32. The molecule has 0 atom stereocenters. The van der Waals surface area contributed by atoms with Gasteiger partial charge < -0.3 is 5.32 Å². The second-order valence-electron chi connectivity index (χ2n) is 3.38. The van der Waals surface area contributed by atoms with Crippen LogP contribution >= 0.6 is 38.9 Å². The molecule has 86 valence electrons. The van der Waals surface area contributed by atoms with Crippen LogP contribution in [0.25, 0.3) is 0 Å². The number of thiophene rings is 1. The molecule has 0 bridgehead atoms. The number of anilines is 1. The van der Waals surface area contributed by atoms with Crippen molar-refractivity contribution in [3.8, 4) is 6.07 Å². The Labute approximate surface area is 117 Å². The minimum absolute atomic E-state index is 0.653. The zero-order valence-electron chi connectivity index (χ0n) is 8.71. The normalized spacial score (nSPS) is 9.94. The van der Waals surface area contributed by atoms with Crippen molar-refractivity contribution in [3.63, 3.8) is 0 Å². The van der Waals surface area contributed by atoms with E-state index in [1.54, 1.807) is 6.07 Å². The van der Waals surface area contributed by atoms with Gasteiger partial charge >= 0.3 is 0 Å². The van der Waals surface area contributed by atoms with E-state index in [4.69, 9.17) is 16.9 Å². The third-order valence-electron chi connectivity index (χ3n) is 2.15. The summed E-state index contributed by atoms with van der Waals surface area (Å²) < 4.78 is 1.68. The molecular weight excluding hydrogens is 320 g/mol. The van der Waals surface area contributed by atoms with Gasteiger partial charge in [0.15, 0.2) is 0 Å². The van der Waals surface area contributed by atoms with Crippen LogP contribution in [-0.4, -0.2) is 0 Å². The first kappa shape index (κ1) is 12.4. The summed E-state index contributed by atoms with van der Waals surface area (Å²) >= 11 is 10.9. The molecule has 1 N–H and O–H groups in total. The minimum atomic E-state index is 0.653. The second kappa shape index (κ2) is 5.54. The van der Waals surface area contributed by atoms with Crippen LogP contribution in [-0.2, 0) is 6.54 Å². The first-order valence-electron chi connectivity index (χ1n) is 4.87. The molecule has 0 saturated heterocycles. The molecule has 2 rings (SSSR count). The number of nitriles is 1. The van der Waals surface area contributed by atoms with Crippen LogP contribution in [0.4, 0.5) is 5.69 Å². The summed E-state index contributed by atoms with van der Waals surface area (Å²) in [6.45, 7) is 0.699. The van der Waals surface area contributed by atoms with Crippen molar-refractivity contribution < 1.29 is 0 Å². The van der Waals surface area contributed by atoms with Crippen LogP contribution in [0.2, 0.25) is 4.34 Å². The summed E-state index contributed by atoms with van der Waals surface area (Å²) in [5.74, 6) is 0. The quantitative estimate of drug-likeness (QED) is 0.891. The smallest absolute Gasteiger partial charge is 0.107 e. The maximum Gasteiger partial charge on any atom is 0.107 e. The molecule has 0 aliphatic rings. The standard InChI is InChI=1S/C12H8BrClN2S/c13-11-5-10(17-12(11)14)7-16-9-3-1-2-8(4-9)6-15/h1-5,16H,7H2. The lowest BCUT2D eigenvalue weighted by atomic mass is 10.2. The van der Waals surface area contributed by atoms with Gasteiger partial charge in [-0.3, -0.25) is 0 Å². The molecule has 0 spiro atoms. The summed E-state index contributed by atoms with van der Waals surface area (Å²) in [5.41, 5.74) is 1.59. The molecule has 1 aromatic carbocycles. The highest BCUT2D eigenvalue weighted by atomic mass is 79.9. The molecule has 0 unspecified atom stereocenters. The summed E-state index contributed by atoms with van der Waals surface area (Å²) in [6, 6.07) is 11.5. The van der Waals surface area contributed by atoms with Crippen LogP contribution < -0.4 is 5.32 Å². The lowest BCUT2D eigenvalue weighted by molar-refractivity contribution is 1.19. The Balaban J connectivity index is 2.05. The maximum atomic E-state index is 8.79. The van der Waals surface area contributed by atoms with E-state index in [0.29, 0.717) is 12.1 Å². The number of halogens is 2. The van der Waals surface area contributed by atoms with E-state index >= 15 is 0 Å².